The minimum absolute atomic E-state index is 0.0710. The van der Waals surface area contributed by atoms with Crippen LogP contribution in [0.2, 0.25) is 0 Å². The molecule has 0 aliphatic carbocycles. The second-order valence-corrected chi connectivity index (χ2v) is 8.95. The van der Waals surface area contributed by atoms with E-state index in [9.17, 15) is 4.79 Å². The fourth-order valence-electron chi connectivity index (χ4n) is 5.35. The molecule has 1 aromatic heterocycles. The second-order valence-electron chi connectivity index (χ2n) is 8.95. The largest absolute Gasteiger partial charge is 0.493 e. The highest BCUT2D eigenvalue weighted by Gasteiger charge is 2.42. The van der Waals surface area contributed by atoms with Crippen molar-refractivity contribution in [1.82, 2.24) is 14.9 Å². The maximum absolute atomic E-state index is 13.7. The number of para-hydroxylation sites is 2. The molecule has 1 unspecified atom stereocenters. The number of aromatic nitrogens is 2. The van der Waals surface area contributed by atoms with Gasteiger partial charge in [0.1, 0.15) is 11.6 Å². The first-order valence-corrected chi connectivity index (χ1v) is 11.6. The number of nitrogens with zero attached hydrogens (tertiary/aromatic N) is 4. The number of carbonyl (C=O) groups excluding carboxylic acids is 1. The minimum atomic E-state index is 0.0710. The fraction of sp³-hybridized carbons (Fsp3) is 0.296. The second kappa shape index (κ2) is 8.03. The lowest BCUT2D eigenvalue weighted by Gasteiger charge is -2.24. The number of likely N-dealkylation sites (tertiary alicyclic amines) is 1. The van der Waals surface area contributed by atoms with Crippen molar-refractivity contribution in [3.8, 4) is 5.75 Å². The Morgan fingerprint density at radius 1 is 0.939 bits per heavy atom. The van der Waals surface area contributed by atoms with Crippen LogP contribution in [0, 0.1) is 11.8 Å². The number of ether oxygens (including phenoxy) is 1. The molecule has 6 nitrogen and oxygen atoms in total. The highest BCUT2D eigenvalue weighted by molar-refractivity contribution is 6.09. The summed E-state index contributed by atoms with van der Waals surface area (Å²) in [5.74, 6) is 2.54. The molecule has 3 heterocycles. The van der Waals surface area contributed by atoms with Gasteiger partial charge in [0.05, 0.1) is 29.4 Å². The van der Waals surface area contributed by atoms with Gasteiger partial charge in [-0.2, -0.15) is 0 Å². The van der Waals surface area contributed by atoms with Crippen LogP contribution in [0.5, 0.6) is 5.75 Å². The van der Waals surface area contributed by atoms with E-state index in [-0.39, 0.29) is 5.91 Å². The molecule has 166 valence electrons. The molecule has 6 rings (SSSR count). The number of benzene rings is 3. The third-order valence-corrected chi connectivity index (χ3v) is 6.94. The van der Waals surface area contributed by atoms with Crippen molar-refractivity contribution >= 4 is 33.5 Å². The topological polar surface area (TPSA) is 58.6 Å². The third-order valence-electron chi connectivity index (χ3n) is 6.94. The Hall–Kier alpha value is -3.67. The van der Waals surface area contributed by atoms with Crippen molar-refractivity contribution < 1.29 is 9.53 Å². The summed E-state index contributed by atoms with van der Waals surface area (Å²) >= 11 is 0. The standard InChI is InChI=1S/C27H26N4O2/c1-2-33-24-12-11-18-7-3-4-8-21(18)26(24)27(32)31-16-19-14-30(15-20(19)17-31)25-13-28-22-9-5-6-10-23(22)29-25/h3-13,19-20H,2,14-17H2,1H3/t19-,20?/m0/s1. The summed E-state index contributed by atoms with van der Waals surface area (Å²) in [6.07, 6.45) is 1.87. The van der Waals surface area contributed by atoms with E-state index in [2.05, 4.69) is 9.88 Å². The molecular weight excluding hydrogens is 412 g/mol. The molecule has 6 heteroatoms. The van der Waals surface area contributed by atoms with Crippen LogP contribution in [-0.4, -0.2) is 53.6 Å². The molecule has 1 amide bonds. The van der Waals surface area contributed by atoms with Gasteiger partial charge in [0.2, 0.25) is 0 Å². The zero-order valence-electron chi connectivity index (χ0n) is 18.6. The predicted molar refractivity (Wildman–Crippen MR) is 130 cm³/mol. The normalized spacial score (nSPS) is 19.9. The first-order chi connectivity index (χ1) is 16.2. The fourth-order valence-corrected chi connectivity index (χ4v) is 5.35. The van der Waals surface area contributed by atoms with E-state index < -0.39 is 0 Å². The number of anilines is 1. The molecule has 2 aliphatic rings. The average molecular weight is 439 g/mol. The maximum Gasteiger partial charge on any atom is 0.258 e. The minimum Gasteiger partial charge on any atom is -0.493 e. The number of carbonyl (C=O) groups is 1. The molecule has 2 aliphatic heterocycles. The van der Waals surface area contributed by atoms with E-state index in [1.54, 1.807) is 0 Å². The van der Waals surface area contributed by atoms with Crippen LogP contribution in [0.4, 0.5) is 5.82 Å². The first kappa shape index (κ1) is 20.0. The van der Waals surface area contributed by atoms with Gasteiger partial charge in [-0.05, 0) is 35.9 Å². The maximum atomic E-state index is 13.7. The Kier molecular flexibility index (Phi) is 4.86. The summed E-state index contributed by atoms with van der Waals surface area (Å²) < 4.78 is 5.86. The molecule has 0 spiro atoms. The summed E-state index contributed by atoms with van der Waals surface area (Å²) in [6.45, 7) is 5.80. The monoisotopic (exact) mass is 438 g/mol. The summed E-state index contributed by atoms with van der Waals surface area (Å²) in [4.78, 5) is 27.4. The molecule has 3 aromatic carbocycles. The number of hydrogen-bond donors (Lipinski definition) is 0. The average Bonchev–Trinajstić information content (AvgIpc) is 3.43. The van der Waals surface area contributed by atoms with Crippen LogP contribution >= 0.6 is 0 Å². The highest BCUT2D eigenvalue weighted by Crippen LogP contribution is 2.36. The Morgan fingerprint density at radius 3 is 2.45 bits per heavy atom. The van der Waals surface area contributed by atoms with E-state index in [0.717, 1.165) is 53.8 Å². The van der Waals surface area contributed by atoms with Gasteiger partial charge in [-0.15, -0.1) is 0 Å². The van der Waals surface area contributed by atoms with E-state index in [4.69, 9.17) is 9.72 Å². The Morgan fingerprint density at radius 2 is 1.67 bits per heavy atom. The van der Waals surface area contributed by atoms with Gasteiger partial charge in [-0.3, -0.25) is 9.78 Å². The van der Waals surface area contributed by atoms with Crippen LogP contribution < -0.4 is 9.64 Å². The highest BCUT2D eigenvalue weighted by atomic mass is 16.5. The number of hydrogen-bond acceptors (Lipinski definition) is 5. The van der Waals surface area contributed by atoms with Crippen molar-refractivity contribution in [1.29, 1.82) is 0 Å². The van der Waals surface area contributed by atoms with E-state index >= 15 is 0 Å². The van der Waals surface area contributed by atoms with Gasteiger partial charge < -0.3 is 14.5 Å². The summed E-state index contributed by atoms with van der Waals surface area (Å²) in [5.41, 5.74) is 2.52. The smallest absolute Gasteiger partial charge is 0.258 e. The Balaban J connectivity index is 1.23. The molecule has 0 bridgehead atoms. The number of amides is 1. The van der Waals surface area contributed by atoms with Crippen LogP contribution in [0.25, 0.3) is 21.8 Å². The van der Waals surface area contributed by atoms with Gasteiger partial charge in [0, 0.05) is 38.0 Å². The van der Waals surface area contributed by atoms with E-state index in [1.165, 1.54) is 0 Å². The van der Waals surface area contributed by atoms with Crippen molar-refractivity contribution in [3.63, 3.8) is 0 Å². The van der Waals surface area contributed by atoms with Gasteiger partial charge in [0.15, 0.2) is 0 Å². The van der Waals surface area contributed by atoms with E-state index in [0.29, 0.717) is 29.8 Å². The molecule has 0 N–H and O–H groups in total. The molecule has 4 aromatic rings. The van der Waals surface area contributed by atoms with E-state index in [1.807, 2.05) is 78.7 Å². The third kappa shape index (κ3) is 3.46. The zero-order valence-corrected chi connectivity index (χ0v) is 18.6. The van der Waals surface area contributed by atoms with Gasteiger partial charge in [0.25, 0.3) is 5.91 Å². The number of rotatable bonds is 4. The molecule has 2 fully saturated rings. The van der Waals surface area contributed by atoms with Crippen LogP contribution in [-0.2, 0) is 0 Å². The lowest BCUT2D eigenvalue weighted by atomic mass is 10.0. The lowest BCUT2D eigenvalue weighted by molar-refractivity contribution is 0.0780. The van der Waals surface area contributed by atoms with Crippen molar-refractivity contribution in [2.75, 3.05) is 37.7 Å². The Labute approximate surface area is 192 Å². The van der Waals surface area contributed by atoms with Crippen LogP contribution in [0.1, 0.15) is 17.3 Å². The predicted octanol–water partition coefficient (Wildman–Crippen LogP) is 4.39. The first-order valence-electron chi connectivity index (χ1n) is 11.6. The van der Waals surface area contributed by atoms with Crippen molar-refractivity contribution in [2.45, 2.75) is 6.92 Å². The summed E-state index contributed by atoms with van der Waals surface area (Å²) in [5, 5.41) is 2.02. The van der Waals surface area contributed by atoms with Crippen LogP contribution in [0.3, 0.4) is 0 Å². The summed E-state index contributed by atoms with van der Waals surface area (Å²) in [6, 6.07) is 20.0. The molecule has 33 heavy (non-hydrogen) atoms. The van der Waals surface area contributed by atoms with Gasteiger partial charge >= 0.3 is 0 Å². The molecular formula is C27H26N4O2. The lowest BCUT2D eigenvalue weighted by Crippen LogP contribution is -2.34. The van der Waals surface area contributed by atoms with Crippen molar-refractivity contribution in [2.24, 2.45) is 11.8 Å². The molecule has 2 atom stereocenters. The quantitative estimate of drug-likeness (QED) is 0.473. The molecule has 0 radical (unpaired) electrons. The zero-order chi connectivity index (χ0) is 22.4. The van der Waals surface area contributed by atoms with Gasteiger partial charge in [-0.25, -0.2) is 4.98 Å². The van der Waals surface area contributed by atoms with Gasteiger partial charge in [-0.1, -0.05) is 42.5 Å². The SMILES string of the molecule is CCOc1ccc2ccccc2c1C(=O)N1CC2CN(c3cnc4ccccc4n3)C[C@H]2C1. The molecule has 0 saturated carbocycles. The summed E-state index contributed by atoms with van der Waals surface area (Å²) in [7, 11) is 0. The number of fused-ring (bicyclic) bond motifs is 3. The van der Waals surface area contributed by atoms with Crippen LogP contribution in [0.15, 0.2) is 66.9 Å². The molecule has 2 saturated heterocycles. The Bertz CT molecular complexity index is 1340. The van der Waals surface area contributed by atoms with Crippen molar-refractivity contribution in [3.05, 3.63) is 72.4 Å².